The van der Waals surface area contributed by atoms with E-state index in [0.29, 0.717) is 5.33 Å². The third-order valence-electron chi connectivity index (χ3n) is 3.53. The Labute approximate surface area is 198 Å². The minimum absolute atomic E-state index is 0.0162. The zero-order valence-electron chi connectivity index (χ0n) is 17.0. The van der Waals surface area contributed by atoms with Gasteiger partial charge in [0.05, 0.1) is 10.9 Å². The highest BCUT2D eigenvalue weighted by Gasteiger charge is 2.24. The molecule has 0 spiro atoms. The fourth-order valence-electron chi connectivity index (χ4n) is 2.06. The van der Waals surface area contributed by atoms with E-state index in [1.54, 1.807) is 13.8 Å². The molecule has 7 heteroatoms. The summed E-state index contributed by atoms with van der Waals surface area (Å²) in [5.41, 5.74) is 0.678. The Morgan fingerprint density at radius 2 is 1.21 bits per heavy atom. The van der Waals surface area contributed by atoms with Crippen molar-refractivity contribution >= 4 is 58.5 Å². The maximum absolute atomic E-state index is 11.1. The summed E-state index contributed by atoms with van der Waals surface area (Å²) in [7, 11) is 0. The average Bonchev–Trinajstić information content (AvgIpc) is 2.69. The Kier molecular flexibility index (Phi) is 13.6. The van der Waals surface area contributed by atoms with Crippen LogP contribution in [0.2, 0.25) is 0 Å². The minimum atomic E-state index is -0.707. The van der Waals surface area contributed by atoms with Crippen LogP contribution in [0.5, 0.6) is 0 Å². The summed E-state index contributed by atoms with van der Waals surface area (Å²) in [6.45, 7) is 7.32. The number of esters is 1. The normalized spacial score (nSPS) is 10.6. The number of carbonyl (C=O) groups is 2. The lowest BCUT2D eigenvalue weighted by molar-refractivity contribution is -0.153. The third kappa shape index (κ3) is 13.0. The van der Waals surface area contributed by atoms with Crippen molar-refractivity contribution in [3.05, 3.63) is 71.8 Å². The van der Waals surface area contributed by atoms with Crippen LogP contribution in [-0.2, 0) is 25.5 Å². The van der Waals surface area contributed by atoms with Crippen molar-refractivity contribution in [2.24, 2.45) is 0 Å². The van der Waals surface area contributed by atoms with E-state index in [-0.39, 0.29) is 16.0 Å². The Hall–Kier alpha value is -1.02. The number of ether oxygens (including phenoxy) is 1. The molecule has 0 unspecified atom stereocenters. The Morgan fingerprint density at radius 3 is 1.48 bits per heavy atom. The topological polar surface area (TPSA) is 63.6 Å². The first-order chi connectivity index (χ1) is 13.4. The van der Waals surface area contributed by atoms with E-state index in [4.69, 9.17) is 4.74 Å². The highest BCUT2D eigenvalue weighted by molar-refractivity contribution is 9.19. The summed E-state index contributed by atoms with van der Waals surface area (Å²) < 4.78 is 5.27. The van der Waals surface area contributed by atoms with Gasteiger partial charge in [-0.2, -0.15) is 0 Å². The van der Waals surface area contributed by atoms with Gasteiger partial charge in [0.1, 0.15) is 10.9 Å². The smallest absolute Gasteiger partial charge is 0.317 e. The fourth-order valence-corrected chi connectivity index (χ4v) is 2.17. The van der Waals surface area contributed by atoms with E-state index in [1.807, 2.05) is 74.5 Å². The van der Waals surface area contributed by atoms with Gasteiger partial charge in [-0.15, -0.1) is 0 Å². The van der Waals surface area contributed by atoms with Crippen LogP contribution < -0.4 is 0 Å². The Balaban J connectivity index is 0.000000455. The standard InChI is InChI=1S/C11H13BrO2.C9H12O.C2H2Br2O/c1-11(2,14-10(13)8-12)9-6-4-3-5-7-9;1-9(2,10)8-6-4-3-5-7-8;3-1-2(4)5/h3-7H,8H2,1-2H3;3-7,10H,1-2H3;1H2. The summed E-state index contributed by atoms with van der Waals surface area (Å²) in [5.74, 6) is -0.251. The molecule has 0 radical (unpaired) electrons. The number of rotatable bonds is 5. The molecule has 160 valence electrons. The van der Waals surface area contributed by atoms with Crippen molar-refractivity contribution in [3.63, 3.8) is 0 Å². The molecule has 0 aromatic heterocycles. The molecular weight excluding hydrogens is 568 g/mol. The molecule has 2 rings (SSSR count). The van der Waals surface area contributed by atoms with Gasteiger partial charge in [-0.3, -0.25) is 9.59 Å². The predicted molar refractivity (Wildman–Crippen MR) is 129 cm³/mol. The number of alkyl halides is 2. The van der Waals surface area contributed by atoms with Crippen molar-refractivity contribution in [2.75, 3.05) is 10.7 Å². The van der Waals surface area contributed by atoms with Gasteiger partial charge in [0.2, 0.25) is 4.69 Å². The molecule has 0 amide bonds. The van der Waals surface area contributed by atoms with E-state index < -0.39 is 11.2 Å². The van der Waals surface area contributed by atoms with E-state index in [1.165, 1.54) is 0 Å². The van der Waals surface area contributed by atoms with Crippen LogP contribution in [0.4, 0.5) is 0 Å². The molecule has 0 saturated carbocycles. The molecule has 0 aliphatic carbocycles. The van der Waals surface area contributed by atoms with Crippen LogP contribution in [0.3, 0.4) is 0 Å². The molecule has 0 bridgehead atoms. The molecule has 0 atom stereocenters. The number of hydrogen-bond donors (Lipinski definition) is 1. The van der Waals surface area contributed by atoms with Crippen molar-refractivity contribution in [2.45, 2.75) is 38.9 Å². The van der Waals surface area contributed by atoms with Crippen LogP contribution in [0, 0.1) is 0 Å². The van der Waals surface area contributed by atoms with Gasteiger partial charge in [-0.05, 0) is 54.8 Å². The van der Waals surface area contributed by atoms with Crippen LogP contribution in [0.25, 0.3) is 0 Å². The molecule has 0 fully saturated rings. The molecule has 0 aliphatic rings. The monoisotopic (exact) mass is 592 g/mol. The van der Waals surface area contributed by atoms with Gasteiger partial charge in [0.15, 0.2) is 0 Å². The largest absolute Gasteiger partial charge is 0.454 e. The zero-order valence-corrected chi connectivity index (χ0v) is 21.8. The molecule has 0 heterocycles. The minimum Gasteiger partial charge on any atom is -0.454 e. The van der Waals surface area contributed by atoms with Crippen molar-refractivity contribution in [1.82, 2.24) is 0 Å². The number of aliphatic hydroxyl groups is 1. The Morgan fingerprint density at radius 1 is 0.828 bits per heavy atom. The number of benzene rings is 2. The highest BCUT2D eigenvalue weighted by atomic mass is 79.9. The molecule has 0 aliphatic heterocycles. The molecule has 29 heavy (non-hydrogen) atoms. The molecular formula is C22H27Br3O4. The lowest BCUT2D eigenvalue weighted by Gasteiger charge is -2.25. The number of hydrogen-bond acceptors (Lipinski definition) is 4. The van der Waals surface area contributed by atoms with Crippen LogP contribution in [0.1, 0.15) is 38.8 Å². The van der Waals surface area contributed by atoms with Gasteiger partial charge in [0, 0.05) is 0 Å². The summed E-state index contributed by atoms with van der Waals surface area (Å²) in [6.07, 6.45) is 0. The molecule has 2 aromatic carbocycles. The van der Waals surface area contributed by atoms with Crippen molar-refractivity contribution < 1.29 is 19.4 Å². The van der Waals surface area contributed by atoms with Gasteiger partial charge in [0.25, 0.3) is 0 Å². The summed E-state index contributed by atoms with van der Waals surface area (Å²) in [6, 6.07) is 19.3. The van der Waals surface area contributed by atoms with Crippen LogP contribution in [0.15, 0.2) is 60.7 Å². The van der Waals surface area contributed by atoms with E-state index in [2.05, 4.69) is 47.8 Å². The zero-order chi connectivity index (χ0) is 22.5. The molecule has 4 nitrogen and oxygen atoms in total. The maximum atomic E-state index is 11.1. The second kappa shape index (κ2) is 14.1. The first-order valence-corrected chi connectivity index (χ1v) is 11.8. The highest BCUT2D eigenvalue weighted by Crippen LogP contribution is 2.24. The van der Waals surface area contributed by atoms with E-state index in [0.717, 1.165) is 11.1 Å². The average molecular weight is 595 g/mol. The quantitative estimate of drug-likeness (QED) is 0.259. The lowest BCUT2D eigenvalue weighted by atomic mass is 9.98. The van der Waals surface area contributed by atoms with Gasteiger partial charge in [-0.1, -0.05) is 92.5 Å². The summed E-state index contributed by atoms with van der Waals surface area (Å²) >= 11 is 8.67. The second-order valence-corrected chi connectivity index (χ2v) is 8.90. The third-order valence-corrected chi connectivity index (χ3v) is 5.53. The second-order valence-electron chi connectivity index (χ2n) is 6.90. The first-order valence-electron chi connectivity index (χ1n) is 8.79. The lowest BCUT2D eigenvalue weighted by Crippen LogP contribution is -2.25. The Bertz CT molecular complexity index is 727. The van der Waals surface area contributed by atoms with Crippen molar-refractivity contribution in [1.29, 1.82) is 0 Å². The van der Waals surface area contributed by atoms with E-state index >= 15 is 0 Å². The first kappa shape index (κ1) is 28.0. The summed E-state index contributed by atoms with van der Waals surface area (Å²) in [5, 5.41) is 10.1. The molecule has 2 aromatic rings. The number of halogens is 3. The maximum Gasteiger partial charge on any atom is 0.317 e. The molecule has 0 saturated heterocycles. The molecule has 1 N–H and O–H groups in total. The van der Waals surface area contributed by atoms with Crippen LogP contribution in [-0.4, -0.2) is 26.4 Å². The van der Waals surface area contributed by atoms with Gasteiger partial charge in [-0.25, -0.2) is 0 Å². The predicted octanol–water partition coefficient (Wildman–Crippen LogP) is 6.08. The van der Waals surface area contributed by atoms with Gasteiger partial charge < -0.3 is 9.84 Å². The van der Waals surface area contributed by atoms with E-state index in [9.17, 15) is 14.7 Å². The number of carbonyl (C=O) groups excluding carboxylic acids is 2. The van der Waals surface area contributed by atoms with Gasteiger partial charge >= 0.3 is 5.97 Å². The fraction of sp³-hybridized carbons (Fsp3) is 0.364. The SMILES string of the molecule is CC(C)(O)c1ccccc1.CC(C)(OC(=O)CBr)c1ccccc1.O=C(Br)CBr. The van der Waals surface area contributed by atoms with Crippen LogP contribution >= 0.6 is 47.8 Å². The summed E-state index contributed by atoms with van der Waals surface area (Å²) in [4.78, 5) is 20.8. The van der Waals surface area contributed by atoms with Crippen molar-refractivity contribution in [3.8, 4) is 0 Å².